The number of nitrogens with zero attached hydrogens (tertiary/aromatic N) is 3. The molecule has 2 amide bonds. The highest BCUT2D eigenvalue weighted by molar-refractivity contribution is 5.94. The molecular weight excluding hydrogens is 366 g/mol. The van der Waals surface area contributed by atoms with Crippen molar-refractivity contribution in [1.82, 2.24) is 20.4 Å². The van der Waals surface area contributed by atoms with Crippen LogP contribution in [0.15, 0.2) is 29.3 Å². The first kappa shape index (κ1) is 24.5. The highest BCUT2D eigenvalue weighted by atomic mass is 16.2. The van der Waals surface area contributed by atoms with Crippen LogP contribution >= 0.6 is 0 Å². The molecule has 0 saturated heterocycles. The van der Waals surface area contributed by atoms with E-state index in [9.17, 15) is 9.59 Å². The molecule has 0 heterocycles. The fraction of sp³-hybridized carbons (Fsp3) is 0.591. The number of nitrogens with one attached hydrogen (secondary N) is 2. The van der Waals surface area contributed by atoms with Gasteiger partial charge < -0.3 is 20.4 Å². The fourth-order valence-corrected chi connectivity index (χ4v) is 2.76. The van der Waals surface area contributed by atoms with Gasteiger partial charge in [0.25, 0.3) is 5.91 Å². The molecule has 0 fully saturated rings. The Bertz CT molecular complexity index is 668. The third kappa shape index (κ3) is 8.13. The van der Waals surface area contributed by atoms with Crippen LogP contribution in [0.1, 0.15) is 57.0 Å². The zero-order chi connectivity index (χ0) is 21.8. The van der Waals surface area contributed by atoms with Crippen molar-refractivity contribution in [2.75, 3.05) is 33.2 Å². The van der Waals surface area contributed by atoms with E-state index in [1.165, 1.54) is 0 Å². The quantitative estimate of drug-likeness (QED) is 0.465. The molecule has 0 aliphatic rings. The fourth-order valence-electron chi connectivity index (χ4n) is 2.76. The first-order valence-electron chi connectivity index (χ1n) is 10.5. The Morgan fingerprint density at radius 3 is 2.21 bits per heavy atom. The molecule has 0 spiro atoms. The number of guanidine groups is 1. The molecule has 0 bridgehead atoms. The molecule has 2 N–H and O–H groups in total. The van der Waals surface area contributed by atoms with Gasteiger partial charge in [0.05, 0.1) is 13.1 Å². The number of carbonyl (C=O) groups is 2. The summed E-state index contributed by atoms with van der Waals surface area (Å²) in [5.74, 6) is 0.712. The van der Waals surface area contributed by atoms with Crippen molar-refractivity contribution in [2.45, 2.75) is 53.6 Å². The summed E-state index contributed by atoms with van der Waals surface area (Å²) in [4.78, 5) is 32.8. The van der Waals surface area contributed by atoms with E-state index in [-0.39, 0.29) is 24.4 Å². The lowest BCUT2D eigenvalue weighted by Crippen LogP contribution is -2.45. The SMILES string of the molecule is CCNC(=NCc1ccc(C(=O)NC(C)CC)cc1)N(C)CC(=O)N(CC)CC. The second-order valence-corrected chi connectivity index (χ2v) is 7.07. The maximum Gasteiger partial charge on any atom is 0.251 e. The smallest absolute Gasteiger partial charge is 0.251 e. The van der Waals surface area contributed by atoms with Gasteiger partial charge in [-0.05, 0) is 51.8 Å². The Morgan fingerprint density at radius 2 is 1.69 bits per heavy atom. The molecule has 1 aromatic rings. The monoisotopic (exact) mass is 403 g/mol. The van der Waals surface area contributed by atoms with Crippen LogP contribution in [-0.4, -0.2) is 66.8 Å². The zero-order valence-corrected chi connectivity index (χ0v) is 18.8. The molecule has 0 aromatic heterocycles. The average molecular weight is 404 g/mol. The van der Waals surface area contributed by atoms with Crippen LogP contribution in [-0.2, 0) is 11.3 Å². The van der Waals surface area contributed by atoms with E-state index < -0.39 is 0 Å². The Hall–Kier alpha value is -2.57. The Balaban J connectivity index is 2.77. The molecular formula is C22H37N5O2. The van der Waals surface area contributed by atoms with Gasteiger partial charge in [0.2, 0.25) is 5.91 Å². The van der Waals surface area contributed by atoms with Gasteiger partial charge in [0.15, 0.2) is 5.96 Å². The third-order valence-electron chi connectivity index (χ3n) is 4.80. The van der Waals surface area contributed by atoms with Crippen molar-refractivity contribution in [3.05, 3.63) is 35.4 Å². The van der Waals surface area contributed by atoms with Crippen LogP contribution in [0.5, 0.6) is 0 Å². The maximum absolute atomic E-state index is 12.4. The summed E-state index contributed by atoms with van der Waals surface area (Å²) in [6.45, 7) is 12.9. The normalized spacial score (nSPS) is 12.3. The van der Waals surface area contributed by atoms with Gasteiger partial charge in [-0.3, -0.25) is 9.59 Å². The highest BCUT2D eigenvalue weighted by Crippen LogP contribution is 2.07. The highest BCUT2D eigenvalue weighted by Gasteiger charge is 2.15. The lowest BCUT2D eigenvalue weighted by atomic mass is 10.1. The van der Waals surface area contributed by atoms with E-state index in [2.05, 4.69) is 15.6 Å². The van der Waals surface area contributed by atoms with Crippen molar-refractivity contribution < 1.29 is 9.59 Å². The summed E-state index contributed by atoms with van der Waals surface area (Å²) in [5, 5.41) is 6.20. The number of benzene rings is 1. The summed E-state index contributed by atoms with van der Waals surface area (Å²) in [6, 6.07) is 7.63. The van der Waals surface area contributed by atoms with Crippen molar-refractivity contribution in [1.29, 1.82) is 0 Å². The summed E-state index contributed by atoms with van der Waals surface area (Å²) in [6.07, 6.45) is 0.899. The van der Waals surface area contributed by atoms with E-state index in [0.29, 0.717) is 31.2 Å². The number of likely N-dealkylation sites (N-methyl/N-ethyl adjacent to an activating group) is 2. The van der Waals surface area contributed by atoms with Crippen molar-refractivity contribution in [3.8, 4) is 0 Å². The van der Waals surface area contributed by atoms with Crippen LogP contribution < -0.4 is 10.6 Å². The zero-order valence-electron chi connectivity index (χ0n) is 18.8. The predicted molar refractivity (Wildman–Crippen MR) is 119 cm³/mol. The lowest BCUT2D eigenvalue weighted by molar-refractivity contribution is -0.131. The second kappa shape index (κ2) is 12.8. The number of hydrogen-bond donors (Lipinski definition) is 2. The predicted octanol–water partition coefficient (Wildman–Crippen LogP) is 2.48. The first-order valence-corrected chi connectivity index (χ1v) is 10.5. The van der Waals surface area contributed by atoms with E-state index in [1.54, 1.807) is 0 Å². The molecule has 1 unspecified atom stereocenters. The van der Waals surface area contributed by atoms with Gasteiger partial charge in [0, 0.05) is 38.3 Å². The molecule has 162 valence electrons. The van der Waals surface area contributed by atoms with Gasteiger partial charge in [0.1, 0.15) is 0 Å². The third-order valence-corrected chi connectivity index (χ3v) is 4.80. The molecule has 7 heteroatoms. The van der Waals surface area contributed by atoms with Crippen molar-refractivity contribution in [2.24, 2.45) is 4.99 Å². The molecule has 29 heavy (non-hydrogen) atoms. The first-order chi connectivity index (χ1) is 13.9. The van der Waals surface area contributed by atoms with Gasteiger partial charge in [-0.25, -0.2) is 4.99 Å². The molecule has 7 nitrogen and oxygen atoms in total. The lowest BCUT2D eigenvalue weighted by Gasteiger charge is -2.25. The summed E-state index contributed by atoms with van der Waals surface area (Å²) >= 11 is 0. The van der Waals surface area contributed by atoms with E-state index >= 15 is 0 Å². The van der Waals surface area contributed by atoms with Gasteiger partial charge in [-0.1, -0.05) is 19.1 Å². The van der Waals surface area contributed by atoms with Crippen LogP contribution in [0.4, 0.5) is 0 Å². The van der Waals surface area contributed by atoms with Gasteiger partial charge in [-0.15, -0.1) is 0 Å². The van der Waals surface area contributed by atoms with Crippen LogP contribution in [0.3, 0.4) is 0 Å². The van der Waals surface area contributed by atoms with Crippen molar-refractivity contribution in [3.63, 3.8) is 0 Å². The van der Waals surface area contributed by atoms with Crippen molar-refractivity contribution >= 4 is 17.8 Å². The second-order valence-electron chi connectivity index (χ2n) is 7.07. The number of amides is 2. The molecule has 0 radical (unpaired) electrons. The number of rotatable bonds is 10. The van der Waals surface area contributed by atoms with Crippen LogP contribution in [0.25, 0.3) is 0 Å². The summed E-state index contributed by atoms with van der Waals surface area (Å²) < 4.78 is 0. The van der Waals surface area contributed by atoms with Crippen LogP contribution in [0.2, 0.25) is 0 Å². The Labute approximate surface area is 175 Å². The number of hydrogen-bond acceptors (Lipinski definition) is 3. The van der Waals surface area contributed by atoms with Gasteiger partial charge >= 0.3 is 0 Å². The summed E-state index contributed by atoms with van der Waals surface area (Å²) in [7, 11) is 1.87. The molecule has 1 atom stereocenters. The topological polar surface area (TPSA) is 77.0 Å². The number of aliphatic imine (C=N–C) groups is 1. The van der Waals surface area contributed by atoms with E-state index in [1.807, 2.05) is 75.7 Å². The molecule has 0 saturated carbocycles. The molecule has 1 rings (SSSR count). The molecule has 0 aliphatic carbocycles. The number of carbonyl (C=O) groups excluding carboxylic acids is 2. The Morgan fingerprint density at radius 1 is 1.07 bits per heavy atom. The maximum atomic E-state index is 12.4. The average Bonchev–Trinajstić information content (AvgIpc) is 2.72. The minimum absolute atomic E-state index is 0.0580. The van der Waals surface area contributed by atoms with Gasteiger partial charge in [-0.2, -0.15) is 0 Å². The summed E-state index contributed by atoms with van der Waals surface area (Å²) in [5.41, 5.74) is 1.65. The Kier molecular flexibility index (Phi) is 10.8. The standard InChI is InChI=1S/C22H37N5O2/c1-7-17(5)25-21(29)19-13-11-18(12-14-19)15-24-22(23-8-2)26(6)16-20(28)27(9-3)10-4/h11-14,17H,7-10,15-16H2,1-6H3,(H,23,24)(H,25,29). The van der Waals surface area contributed by atoms with Crippen LogP contribution in [0, 0.1) is 0 Å². The largest absolute Gasteiger partial charge is 0.357 e. The molecule has 1 aromatic carbocycles. The molecule has 0 aliphatic heterocycles. The minimum Gasteiger partial charge on any atom is -0.357 e. The minimum atomic E-state index is -0.0580. The van der Waals surface area contributed by atoms with E-state index in [0.717, 1.165) is 18.5 Å². The van der Waals surface area contributed by atoms with E-state index in [4.69, 9.17) is 0 Å².